The molecule has 10 heavy (non-hydrogen) atoms. The molecule has 4 heteroatoms. The van der Waals surface area contributed by atoms with E-state index in [1.54, 1.807) is 6.92 Å². The van der Waals surface area contributed by atoms with Gasteiger partial charge in [-0.3, -0.25) is 4.79 Å². The van der Waals surface area contributed by atoms with Gasteiger partial charge in [-0.05, 0) is 6.92 Å². The fourth-order valence-electron chi connectivity index (χ4n) is 0.714. The smallest absolute Gasteiger partial charge is 0.246 e. The number of nitrogens with two attached hydrogens (primary N) is 1. The van der Waals surface area contributed by atoms with Crippen molar-refractivity contribution in [1.82, 2.24) is 5.32 Å². The Morgan fingerprint density at radius 2 is 2.40 bits per heavy atom. The van der Waals surface area contributed by atoms with Gasteiger partial charge in [0.25, 0.3) is 0 Å². The minimum Gasteiger partial charge on any atom is -0.367 e. The quantitative estimate of drug-likeness (QED) is 0.525. The summed E-state index contributed by atoms with van der Waals surface area (Å²) in [5.41, 5.74) is 4.98. The van der Waals surface area contributed by atoms with Crippen LogP contribution in [0.5, 0.6) is 0 Å². The second-order valence-electron chi connectivity index (χ2n) is 2.46. The largest absolute Gasteiger partial charge is 0.367 e. The zero-order valence-corrected chi connectivity index (χ0v) is 5.96. The van der Waals surface area contributed by atoms with Crippen LogP contribution in [0.3, 0.4) is 0 Å². The molecule has 1 amide bonds. The van der Waals surface area contributed by atoms with Crippen molar-refractivity contribution in [3.8, 4) is 0 Å². The highest BCUT2D eigenvalue weighted by Crippen LogP contribution is 2.01. The van der Waals surface area contributed by atoms with Crippen molar-refractivity contribution in [3.63, 3.8) is 0 Å². The molecular weight excluding hydrogens is 132 g/mol. The normalized spacial score (nSPS) is 21.7. The molecule has 0 aromatic rings. The first-order valence-electron chi connectivity index (χ1n) is 3.35. The van der Waals surface area contributed by atoms with E-state index in [-0.39, 0.29) is 6.10 Å². The molecule has 0 radical (unpaired) electrons. The Morgan fingerprint density at radius 1 is 1.80 bits per heavy atom. The number of carbonyl (C=O) groups is 1. The minimum absolute atomic E-state index is 0.183. The lowest BCUT2D eigenvalue weighted by molar-refractivity contribution is -0.133. The summed E-state index contributed by atoms with van der Waals surface area (Å²) in [5.74, 6) is -0.396. The summed E-state index contributed by atoms with van der Waals surface area (Å²) in [6.07, 6.45) is -0.269. The van der Waals surface area contributed by atoms with Crippen molar-refractivity contribution in [2.75, 3.05) is 13.1 Å². The Morgan fingerprint density at radius 3 is 2.70 bits per heavy atom. The summed E-state index contributed by atoms with van der Waals surface area (Å²) in [6.45, 7) is 3.33. The average molecular weight is 144 g/mol. The molecule has 1 aliphatic heterocycles. The van der Waals surface area contributed by atoms with Crippen LogP contribution in [-0.2, 0) is 9.53 Å². The third kappa shape index (κ3) is 1.68. The molecule has 4 nitrogen and oxygen atoms in total. The van der Waals surface area contributed by atoms with Crippen LogP contribution in [0.2, 0.25) is 0 Å². The van der Waals surface area contributed by atoms with Gasteiger partial charge in [0.2, 0.25) is 5.91 Å². The zero-order valence-electron chi connectivity index (χ0n) is 5.96. The van der Waals surface area contributed by atoms with E-state index in [0.29, 0.717) is 0 Å². The predicted molar refractivity (Wildman–Crippen MR) is 36.4 cm³/mol. The van der Waals surface area contributed by atoms with Crippen molar-refractivity contribution in [2.45, 2.75) is 19.1 Å². The maximum atomic E-state index is 10.5. The van der Waals surface area contributed by atoms with Crippen LogP contribution in [0.15, 0.2) is 0 Å². The molecule has 0 saturated carbocycles. The summed E-state index contributed by atoms with van der Waals surface area (Å²) in [4.78, 5) is 10.5. The average Bonchev–Trinajstić information content (AvgIpc) is 1.77. The van der Waals surface area contributed by atoms with Crippen LogP contribution in [0.4, 0.5) is 0 Å². The number of primary amides is 1. The summed E-state index contributed by atoms with van der Waals surface area (Å²) < 4.78 is 5.21. The van der Waals surface area contributed by atoms with Gasteiger partial charge in [0.05, 0.1) is 6.10 Å². The van der Waals surface area contributed by atoms with E-state index >= 15 is 0 Å². The molecule has 1 atom stereocenters. The van der Waals surface area contributed by atoms with Gasteiger partial charge in [0, 0.05) is 13.1 Å². The fraction of sp³-hybridized carbons (Fsp3) is 0.833. The van der Waals surface area contributed by atoms with Crippen LogP contribution in [0.1, 0.15) is 6.92 Å². The monoisotopic (exact) mass is 144 g/mol. The van der Waals surface area contributed by atoms with Crippen LogP contribution < -0.4 is 11.1 Å². The Kier molecular flexibility index (Phi) is 2.24. The number of carbonyl (C=O) groups excluding carboxylic acids is 1. The third-order valence-corrected chi connectivity index (χ3v) is 1.54. The van der Waals surface area contributed by atoms with E-state index in [4.69, 9.17) is 10.5 Å². The van der Waals surface area contributed by atoms with Gasteiger partial charge in [-0.15, -0.1) is 0 Å². The molecule has 1 rings (SSSR count). The number of rotatable bonds is 3. The van der Waals surface area contributed by atoms with E-state index in [9.17, 15) is 4.79 Å². The summed E-state index contributed by atoms with van der Waals surface area (Å²) >= 11 is 0. The molecule has 1 fully saturated rings. The molecule has 0 aromatic carbocycles. The first kappa shape index (κ1) is 7.50. The summed E-state index contributed by atoms with van der Waals surface area (Å²) in [5, 5.41) is 3.03. The Bertz CT molecular complexity index is 134. The topological polar surface area (TPSA) is 64.3 Å². The number of hydrogen-bond acceptors (Lipinski definition) is 3. The maximum Gasteiger partial charge on any atom is 0.246 e. The number of amides is 1. The van der Waals surface area contributed by atoms with E-state index in [1.165, 1.54) is 0 Å². The van der Waals surface area contributed by atoms with Crippen molar-refractivity contribution in [1.29, 1.82) is 0 Å². The molecule has 1 saturated heterocycles. The third-order valence-electron chi connectivity index (χ3n) is 1.54. The van der Waals surface area contributed by atoms with Gasteiger partial charge in [0.1, 0.15) is 6.10 Å². The molecule has 58 valence electrons. The van der Waals surface area contributed by atoms with Crippen LogP contribution in [0.25, 0.3) is 0 Å². The lowest BCUT2D eigenvalue weighted by atomic mass is 10.2. The molecule has 0 bridgehead atoms. The van der Waals surface area contributed by atoms with Gasteiger partial charge in [0.15, 0.2) is 0 Å². The molecule has 0 spiro atoms. The van der Waals surface area contributed by atoms with Crippen LogP contribution in [0, 0.1) is 0 Å². The lowest BCUT2D eigenvalue weighted by Crippen LogP contribution is -2.51. The highest BCUT2D eigenvalue weighted by molar-refractivity contribution is 5.78. The predicted octanol–water partition coefficient (Wildman–Crippen LogP) is -1.15. The van der Waals surface area contributed by atoms with Crippen LogP contribution >= 0.6 is 0 Å². The summed E-state index contributed by atoms with van der Waals surface area (Å²) in [6, 6.07) is 0. The van der Waals surface area contributed by atoms with Gasteiger partial charge in [-0.25, -0.2) is 0 Å². The SMILES string of the molecule is CC(OC1CNC1)C(N)=O. The van der Waals surface area contributed by atoms with Gasteiger partial charge in [-0.2, -0.15) is 0 Å². The van der Waals surface area contributed by atoms with Crippen molar-refractivity contribution in [3.05, 3.63) is 0 Å². The Hall–Kier alpha value is -0.610. The van der Waals surface area contributed by atoms with Crippen molar-refractivity contribution >= 4 is 5.91 Å². The first-order valence-corrected chi connectivity index (χ1v) is 3.35. The number of hydrogen-bond donors (Lipinski definition) is 2. The number of ether oxygens (including phenoxy) is 1. The first-order chi connectivity index (χ1) is 4.70. The second-order valence-corrected chi connectivity index (χ2v) is 2.46. The standard InChI is InChI=1S/C6H12N2O2/c1-4(6(7)9)10-5-2-8-3-5/h4-5,8H,2-3H2,1H3,(H2,7,9). The van der Waals surface area contributed by atoms with E-state index < -0.39 is 12.0 Å². The van der Waals surface area contributed by atoms with Crippen molar-refractivity contribution in [2.24, 2.45) is 5.73 Å². The molecule has 1 aliphatic rings. The Balaban J connectivity index is 2.16. The second kappa shape index (κ2) is 2.98. The molecule has 1 heterocycles. The molecule has 3 N–H and O–H groups in total. The highest BCUT2D eigenvalue weighted by atomic mass is 16.5. The van der Waals surface area contributed by atoms with Gasteiger partial charge < -0.3 is 15.8 Å². The fourth-order valence-corrected chi connectivity index (χ4v) is 0.714. The van der Waals surface area contributed by atoms with Gasteiger partial charge >= 0.3 is 0 Å². The zero-order chi connectivity index (χ0) is 7.56. The Labute approximate surface area is 59.7 Å². The molecule has 0 aromatic heterocycles. The number of nitrogens with one attached hydrogen (secondary N) is 1. The molecule has 1 unspecified atom stereocenters. The van der Waals surface area contributed by atoms with E-state index in [2.05, 4.69) is 5.32 Å². The van der Waals surface area contributed by atoms with Crippen molar-refractivity contribution < 1.29 is 9.53 Å². The lowest BCUT2D eigenvalue weighted by Gasteiger charge is -2.28. The van der Waals surface area contributed by atoms with Gasteiger partial charge in [-0.1, -0.05) is 0 Å². The van der Waals surface area contributed by atoms with Crippen LogP contribution in [-0.4, -0.2) is 31.2 Å². The molecule has 0 aliphatic carbocycles. The summed E-state index contributed by atoms with van der Waals surface area (Å²) in [7, 11) is 0. The van der Waals surface area contributed by atoms with E-state index in [1.807, 2.05) is 0 Å². The highest BCUT2D eigenvalue weighted by Gasteiger charge is 2.21. The van der Waals surface area contributed by atoms with E-state index in [0.717, 1.165) is 13.1 Å². The minimum atomic E-state index is -0.452. The maximum absolute atomic E-state index is 10.5. The molecular formula is C6H12N2O2.